The van der Waals surface area contributed by atoms with Gasteiger partial charge in [-0.2, -0.15) is 0 Å². The average molecular weight is 390 g/mol. The van der Waals surface area contributed by atoms with E-state index in [9.17, 15) is 9.59 Å². The molecule has 1 saturated heterocycles. The standard InChI is InChI=1S/C22H22N4O3/c1-15-19(16-7-3-2-4-8-16)25-29-21(15)24-20(27)17-10-13-26(14-11-17)22(28)18-9-5-6-12-23-18/h2-9,12,17H,10-11,13-14H2,1H3,(H,24,27). The second-order valence-corrected chi connectivity index (χ2v) is 7.12. The maximum Gasteiger partial charge on any atom is 0.272 e. The third-order valence-electron chi connectivity index (χ3n) is 5.24. The van der Waals surface area contributed by atoms with Gasteiger partial charge in [0, 0.05) is 36.3 Å². The lowest BCUT2D eigenvalue weighted by Gasteiger charge is -2.30. The molecule has 0 saturated carbocycles. The van der Waals surface area contributed by atoms with Gasteiger partial charge in [0.05, 0.1) is 0 Å². The molecule has 1 aliphatic rings. The largest absolute Gasteiger partial charge is 0.338 e. The molecule has 0 spiro atoms. The van der Waals surface area contributed by atoms with Crippen LogP contribution in [-0.4, -0.2) is 39.9 Å². The Balaban J connectivity index is 1.36. The Hall–Kier alpha value is -3.48. The van der Waals surface area contributed by atoms with Gasteiger partial charge in [-0.1, -0.05) is 41.6 Å². The molecule has 1 N–H and O–H groups in total. The van der Waals surface area contributed by atoms with Crippen LogP contribution in [0.1, 0.15) is 28.9 Å². The number of hydrogen-bond acceptors (Lipinski definition) is 5. The van der Waals surface area contributed by atoms with E-state index in [0.717, 1.165) is 16.8 Å². The minimum Gasteiger partial charge on any atom is -0.338 e. The number of carbonyl (C=O) groups excluding carboxylic acids is 2. The van der Waals surface area contributed by atoms with Gasteiger partial charge in [0.1, 0.15) is 11.4 Å². The van der Waals surface area contributed by atoms with E-state index in [1.807, 2.05) is 37.3 Å². The number of amides is 2. The average Bonchev–Trinajstić information content (AvgIpc) is 3.14. The van der Waals surface area contributed by atoms with Crippen molar-refractivity contribution in [2.75, 3.05) is 18.4 Å². The highest BCUT2D eigenvalue weighted by atomic mass is 16.5. The molecule has 29 heavy (non-hydrogen) atoms. The summed E-state index contributed by atoms with van der Waals surface area (Å²) in [6.07, 6.45) is 2.81. The molecule has 148 valence electrons. The predicted molar refractivity (Wildman–Crippen MR) is 108 cm³/mol. The molecule has 4 rings (SSSR count). The molecule has 0 atom stereocenters. The predicted octanol–water partition coefficient (Wildman–Crippen LogP) is 3.54. The number of carbonyl (C=O) groups is 2. The van der Waals surface area contributed by atoms with E-state index in [-0.39, 0.29) is 17.7 Å². The van der Waals surface area contributed by atoms with Crippen molar-refractivity contribution < 1.29 is 14.1 Å². The van der Waals surface area contributed by atoms with Gasteiger partial charge < -0.3 is 9.42 Å². The van der Waals surface area contributed by atoms with Crippen LogP contribution in [0.25, 0.3) is 11.3 Å². The molecule has 3 aromatic rings. The van der Waals surface area contributed by atoms with Crippen LogP contribution in [0.5, 0.6) is 0 Å². The van der Waals surface area contributed by atoms with Crippen molar-refractivity contribution in [2.24, 2.45) is 5.92 Å². The first kappa shape index (κ1) is 18.9. The Morgan fingerprint density at radius 1 is 1.07 bits per heavy atom. The Morgan fingerprint density at radius 3 is 2.48 bits per heavy atom. The minimum atomic E-state index is -0.174. The van der Waals surface area contributed by atoms with Crippen molar-refractivity contribution in [1.29, 1.82) is 0 Å². The number of nitrogens with one attached hydrogen (secondary N) is 1. The van der Waals surface area contributed by atoms with Crippen LogP contribution in [0, 0.1) is 12.8 Å². The SMILES string of the molecule is Cc1c(-c2ccccc2)noc1NC(=O)C1CCN(C(=O)c2ccccn2)CC1. The van der Waals surface area contributed by atoms with Gasteiger partial charge >= 0.3 is 0 Å². The number of benzene rings is 1. The lowest BCUT2D eigenvalue weighted by atomic mass is 9.95. The molecule has 0 radical (unpaired) electrons. The first-order valence-corrected chi connectivity index (χ1v) is 9.66. The van der Waals surface area contributed by atoms with Crippen molar-refractivity contribution in [3.8, 4) is 11.3 Å². The zero-order chi connectivity index (χ0) is 20.2. The fourth-order valence-corrected chi connectivity index (χ4v) is 3.53. The van der Waals surface area contributed by atoms with Crippen LogP contribution in [-0.2, 0) is 4.79 Å². The van der Waals surface area contributed by atoms with Crippen molar-refractivity contribution in [2.45, 2.75) is 19.8 Å². The molecule has 7 nitrogen and oxygen atoms in total. The summed E-state index contributed by atoms with van der Waals surface area (Å²) < 4.78 is 5.37. The van der Waals surface area contributed by atoms with Gasteiger partial charge in [-0.15, -0.1) is 0 Å². The molecule has 2 amide bonds. The fraction of sp³-hybridized carbons (Fsp3) is 0.273. The second kappa shape index (κ2) is 8.26. The van der Waals surface area contributed by atoms with Crippen molar-refractivity contribution in [3.63, 3.8) is 0 Å². The van der Waals surface area contributed by atoms with Gasteiger partial charge in [-0.25, -0.2) is 0 Å². The van der Waals surface area contributed by atoms with E-state index in [4.69, 9.17) is 4.52 Å². The molecule has 1 aliphatic heterocycles. The topological polar surface area (TPSA) is 88.3 Å². The molecule has 0 aliphatic carbocycles. The maximum absolute atomic E-state index is 12.7. The Morgan fingerprint density at radius 2 is 1.79 bits per heavy atom. The number of anilines is 1. The number of pyridine rings is 1. The number of hydrogen-bond donors (Lipinski definition) is 1. The quantitative estimate of drug-likeness (QED) is 0.736. The molecule has 7 heteroatoms. The van der Waals surface area contributed by atoms with Crippen LogP contribution in [0.4, 0.5) is 5.88 Å². The molecule has 1 fully saturated rings. The van der Waals surface area contributed by atoms with E-state index >= 15 is 0 Å². The number of likely N-dealkylation sites (tertiary alicyclic amines) is 1. The van der Waals surface area contributed by atoms with Crippen molar-refractivity contribution in [1.82, 2.24) is 15.0 Å². The summed E-state index contributed by atoms with van der Waals surface area (Å²) >= 11 is 0. The van der Waals surface area contributed by atoms with E-state index in [2.05, 4.69) is 15.5 Å². The highest BCUT2D eigenvalue weighted by Gasteiger charge is 2.29. The van der Waals surface area contributed by atoms with E-state index < -0.39 is 0 Å². The van der Waals surface area contributed by atoms with Crippen LogP contribution in [0.3, 0.4) is 0 Å². The first-order valence-electron chi connectivity index (χ1n) is 9.66. The zero-order valence-corrected chi connectivity index (χ0v) is 16.2. The van der Waals surface area contributed by atoms with Crippen LogP contribution in [0.2, 0.25) is 0 Å². The lowest BCUT2D eigenvalue weighted by Crippen LogP contribution is -2.41. The third-order valence-corrected chi connectivity index (χ3v) is 5.24. The molecule has 1 aromatic carbocycles. The van der Waals surface area contributed by atoms with E-state index in [1.54, 1.807) is 29.3 Å². The summed E-state index contributed by atoms with van der Waals surface area (Å²) in [6, 6.07) is 15.0. The summed E-state index contributed by atoms with van der Waals surface area (Å²) in [6.45, 7) is 2.93. The first-order chi connectivity index (χ1) is 14.1. The monoisotopic (exact) mass is 390 g/mol. The Bertz CT molecular complexity index is 993. The Labute approximate surface area is 168 Å². The second-order valence-electron chi connectivity index (χ2n) is 7.12. The normalized spacial score (nSPS) is 14.6. The number of aromatic nitrogens is 2. The van der Waals surface area contributed by atoms with Crippen LogP contribution < -0.4 is 5.32 Å². The van der Waals surface area contributed by atoms with Gasteiger partial charge in [-0.05, 0) is 31.9 Å². The fourth-order valence-electron chi connectivity index (χ4n) is 3.53. The number of nitrogens with zero attached hydrogens (tertiary/aromatic N) is 3. The zero-order valence-electron chi connectivity index (χ0n) is 16.2. The maximum atomic E-state index is 12.7. The molecule has 0 unspecified atom stereocenters. The lowest BCUT2D eigenvalue weighted by molar-refractivity contribution is -0.121. The van der Waals surface area contributed by atoms with Gasteiger partial charge in [0.2, 0.25) is 11.8 Å². The van der Waals surface area contributed by atoms with Crippen molar-refractivity contribution in [3.05, 3.63) is 66.0 Å². The molecular weight excluding hydrogens is 368 g/mol. The Kier molecular flexibility index (Phi) is 5.37. The molecular formula is C22H22N4O3. The molecule has 2 aromatic heterocycles. The third kappa shape index (κ3) is 4.03. The summed E-state index contributed by atoms with van der Waals surface area (Å²) in [5.41, 5.74) is 2.89. The summed E-state index contributed by atoms with van der Waals surface area (Å²) in [5, 5.41) is 6.97. The van der Waals surface area contributed by atoms with Crippen LogP contribution >= 0.6 is 0 Å². The summed E-state index contributed by atoms with van der Waals surface area (Å²) in [5.74, 6) is 0.00476. The van der Waals surface area contributed by atoms with Gasteiger partial charge in [0.15, 0.2) is 0 Å². The number of piperidine rings is 1. The number of rotatable bonds is 4. The van der Waals surface area contributed by atoms with E-state index in [1.165, 1.54) is 0 Å². The highest BCUT2D eigenvalue weighted by molar-refractivity contribution is 5.94. The van der Waals surface area contributed by atoms with Gasteiger partial charge in [0.25, 0.3) is 5.91 Å². The molecule has 3 heterocycles. The van der Waals surface area contributed by atoms with Crippen molar-refractivity contribution >= 4 is 17.7 Å². The summed E-state index contributed by atoms with van der Waals surface area (Å²) in [4.78, 5) is 31.0. The van der Waals surface area contributed by atoms with Crippen LogP contribution in [0.15, 0.2) is 59.3 Å². The summed E-state index contributed by atoms with van der Waals surface area (Å²) in [7, 11) is 0. The molecule has 0 bridgehead atoms. The van der Waals surface area contributed by atoms with E-state index in [0.29, 0.717) is 37.5 Å². The van der Waals surface area contributed by atoms with Gasteiger partial charge in [-0.3, -0.25) is 19.9 Å². The highest BCUT2D eigenvalue weighted by Crippen LogP contribution is 2.29. The smallest absolute Gasteiger partial charge is 0.272 e. The minimum absolute atomic E-state index is 0.0944.